The number of aromatic nitrogens is 2. The van der Waals surface area contributed by atoms with Crippen molar-refractivity contribution in [1.29, 1.82) is 0 Å². The summed E-state index contributed by atoms with van der Waals surface area (Å²) < 4.78 is 7.47. The normalized spacial score (nSPS) is 13.0. The number of anilines is 1. The van der Waals surface area contributed by atoms with Crippen LogP contribution in [0.5, 0.6) is 5.88 Å². The fourth-order valence-electron chi connectivity index (χ4n) is 3.02. The minimum Gasteiger partial charge on any atom is -0.477 e. The molecule has 126 valence electrons. The van der Waals surface area contributed by atoms with Gasteiger partial charge < -0.3 is 9.64 Å². The first-order valence-electron chi connectivity index (χ1n) is 8.42. The Morgan fingerprint density at radius 3 is 2.56 bits per heavy atom. The van der Waals surface area contributed by atoms with Crippen LogP contribution in [0.1, 0.15) is 22.3 Å². The predicted octanol–water partition coefficient (Wildman–Crippen LogP) is 3.51. The van der Waals surface area contributed by atoms with Gasteiger partial charge in [0.05, 0.1) is 19.3 Å². The average Bonchev–Trinajstić information content (AvgIpc) is 3.11. The van der Waals surface area contributed by atoms with E-state index in [0.29, 0.717) is 24.6 Å². The molecule has 5 nitrogen and oxygen atoms in total. The third kappa shape index (κ3) is 3.13. The molecule has 0 unspecified atom stereocenters. The van der Waals surface area contributed by atoms with E-state index >= 15 is 0 Å². The van der Waals surface area contributed by atoms with E-state index in [2.05, 4.69) is 5.10 Å². The van der Waals surface area contributed by atoms with Gasteiger partial charge >= 0.3 is 0 Å². The molecular formula is C20H19N3O2. The fraction of sp³-hybridized carbons (Fsp3) is 0.200. The highest BCUT2D eigenvalue weighted by Gasteiger charge is 2.26. The first-order chi connectivity index (χ1) is 12.3. The van der Waals surface area contributed by atoms with E-state index < -0.39 is 0 Å². The maximum Gasteiger partial charge on any atom is 0.265 e. The van der Waals surface area contributed by atoms with Gasteiger partial charge in [-0.2, -0.15) is 5.10 Å². The number of nitrogens with zero attached hydrogens (tertiary/aromatic N) is 3. The Kier molecular flexibility index (Phi) is 4.21. The molecule has 0 bridgehead atoms. The van der Waals surface area contributed by atoms with Gasteiger partial charge in [-0.3, -0.25) is 4.79 Å². The number of aryl methyl sites for hydroxylation is 1. The van der Waals surface area contributed by atoms with Crippen LogP contribution in [-0.4, -0.2) is 22.3 Å². The first-order valence-corrected chi connectivity index (χ1v) is 8.42. The molecule has 0 spiro atoms. The maximum absolute atomic E-state index is 13.3. The summed E-state index contributed by atoms with van der Waals surface area (Å²) in [5, 5.41) is 4.31. The highest BCUT2D eigenvalue weighted by molar-refractivity contribution is 6.07. The van der Waals surface area contributed by atoms with Gasteiger partial charge in [0.2, 0.25) is 5.88 Å². The molecule has 1 aromatic heterocycles. The zero-order valence-corrected chi connectivity index (χ0v) is 13.8. The van der Waals surface area contributed by atoms with Crippen LogP contribution in [0.3, 0.4) is 0 Å². The van der Waals surface area contributed by atoms with Gasteiger partial charge in [0.15, 0.2) is 0 Å². The van der Waals surface area contributed by atoms with Crippen molar-refractivity contribution in [3.8, 4) is 5.88 Å². The lowest BCUT2D eigenvalue weighted by Gasteiger charge is -2.24. The standard InChI is InChI=1S/C20H19N3O2/c24-19(18-14-21-23-12-7-13-25-20(18)23)22(17-10-5-2-6-11-17)15-16-8-3-1-4-9-16/h1-6,8-11,14H,7,12-13,15H2. The summed E-state index contributed by atoms with van der Waals surface area (Å²) >= 11 is 0. The monoisotopic (exact) mass is 333 g/mol. The Morgan fingerprint density at radius 1 is 1.08 bits per heavy atom. The number of hydrogen-bond donors (Lipinski definition) is 0. The Labute approximate surface area is 146 Å². The second kappa shape index (κ2) is 6.81. The molecule has 0 fully saturated rings. The zero-order valence-electron chi connectivity index (χ0n) is 13.8. The van der Waals surface area contributed by atoms with Gasteiger partial charge in [-0.15, -0.1) is 0 Å². The largest absolute Gasteiger partial charge is 0.477 e. The minimum absolute atomic E-state index is 0.0989. The summed E-state index contributed by atoms with van der Waals surface area (Å²) in [6.07, 6.45) is 2.53. The second-order valence-electron chi connectivity index (χ2n) is 6.00. The molecule has 0 saturated carbocycles. The van der Waals surface area contributed by atoms with E-state index in [9.17, 15) is 4.79 Å². The van der Waals surface area contributed by atoms with Crippen molar-refractivity contribution in [3.05, 3.63) is 78.0 Å². The molecule has 0 N–H and O–H groups in total. The van der Waals surface area contributed by atoms with Crippen molar-refractivity contribution in [1.82, 2.24) is 9.78 Å². The molecule has 2 aromatic carbocycles. The zero-order chi connectivity index (χ0) is 17.1. The number of benzene rings is 2. The van der Waals surface area contributed by atoms with Crippen LogP contribution in [0, 0.1) is 0 Å². The third-order valence-corrected chi connectivity index (χ3v) is 4.27. The number of ether oxygens (including phenoxy) is 1. The highest BCUT2D eigenvalue weighted by Crippen LogP contribution is 2.27. The number of fused-ring (bicyclic) bond motifs is 1. The lowest BCUT2D eigenvalue weighted by atomic mass is 10.1. The number of amides is 1. The number of para-hydroxylation sites is 1. The molecule has 25 heavy (non-hydrogen) atoms. The highest BCUT2D eigenvalue weighted by atomic mass is 16.5. The van der Waals surface area contributed by atoms with Gasteiger partial charge in [-0.1, -0.05) is 48.5 Å². The van der Waals surface area contributed by atoms with Crippen LogP contribution in [-0.2, 0) is 13.1 Å². The van der Waals surface area contributed by atoms with Crippen molar-refractivity contribution in [2.45, 2.75) is 19.5 Å². The Bertz CT molecular complexity index is 859. The summed E-state index contributed by atoms with van der Waals surface area (Å²) in [5.41, 5.74) is 2.44. The van der Waals surface area contributed by atoms with E-state index in [-0.39, 0.29) is 5.91 Å². The van der Waals surface area contributed by atoms with Crippen molar-refractivity contribution in [2.24, 2.45) is 0 Å². The van der Waals surface area contributed by atoms with E-state index in [1.807, 2.05) is 60.7 Å². The molecule has 1 aliphatic rings. The van der Waals surface area contributed by atoms with Crippen LogP contribution < -0.4 is 9.64 Å². The van der Waals surface area contributed by atoms with Gasteiger partial charge in [-0.05, 0) is 17.7 Å². The van der Waals surface area contributed by atoms with E-state index in [1.165, 1.54) is 0 Å². The van der Waals surface area contributed by atoms with Crippen LogP contribution in [0.15, 0.2) is 66.9 Å². The van der Waals surface area contributed by atoms with Crippen LogP contribution in [0.25, 0.3) is 0 Å². The molecule has 0 aliphatic carbocycles. The Hall–Kier alpha value is -3.08. The fourth-order valence-corrected chi connectivity index (χ4v) is 3.02. The summed E-state index contributed by atoms with van der Waals surface area (Å²) in [7, 11) is 0. The van der Waals surface area contributed by atoms with Gasteiger partial charge in [0.25, 0.3) is 5.91 Å². The molecule has 3 aromatic rings. The van der Waals surface area contributed by atoms with Crippen LogP contribution in [0.2, 0.25) is 0 Å². The summed E-state index contributed by atoms with van der Waals surface area (Å²) in [6, 6.07) is 19.7. The van der Waals surface area contributed by atoms with Crippen molar-refractivity contribution in [3.63, 3.8) is 0 Å². The molecule has 0 saturated heterocycles. The van der Waals surface area contributed by atoms with E-state index in [4.69, 9.17) is 4.74 Å². The Balaban J connectivity index is 1.70. The summed E-state index contributed by atoms with van der Waals surface area (Å²) in [6.45, 7) is 1.90. The summed E-state index contributed by atoms with van der Waals surface area (Å²) in [4.78, 5) is 15.0. The lowest BCUT2D eigenvalue weighted by Crippen LogP contribution is -2.31. The second-order valence-corrected chi connectivity index (χ2v) is 6.00. The van der Waals surface area contributed by atoms with Crippen LogP contribution in [0.4, 0.5) is 5.69 Å². The quantitative estimate of drug-likeness (QED) is 0.734. The molecule has 1 amide bonds. The number of carbonyl (C=O) groups excluding carboxylic acids is 1. The molecule has 1 aliphatic heterocycles. The molecule has 0 radical (unpaired) electrons. The molecular weight excluding hydrogens is 314 g/mol. The van der Waals surface area contributed by atoms with Crippen LogP contribution >= 0.6 is 0 Å². The topological polar surface area (TPSA) is 47.4 Å². The lowest BCUT2D eigenvalue weighted by molar-refractivity contribution is 0.0978. The number of rotatable bonds is 4. The summed E-state index contributed by atoms with van der Waals surface area (Å²) in [5.74, 6) is 0.475. The molecule has 0 atom stereocenters. The van der Waals surface area contributed by atoms with Crippen molar-refractivity contribution >= 4 is 11.6 Å². The number of hydrogen-bond acceptors (Lipinski definition) is 3. The van der Waals surface area contributed by atoms with Crippen molar-refractivity contribution in [2.75, 3.05) is 11.5 Å². The van der Waals surface area contributed by atoms with E-state index in [0.717, 1.165) is 24.2 Å². The smallest absolute Gasteiger partial charge is 0.265 e. The third-order valence-electron chi connectivity index (χ3n) is 4.27. The van der Waals surface area contributed by atoms with Crippen molar-refractivity contribution < 1.29 is 9.53 Å². The molecule has 4 rings (SSSR count). The van der Waals surface area contributed by atoms with Gasteiger partial charge in [-0.25, -0.2) is 4.68 Å². The maximum atomic E-state index is 13.3. The van der Waals surface area contributed by atoms with Gasteiger partial charge in [0, 0.05) is 18.7 Å². The SMILES string of the molecule is O=C(c1cnn2c1OCCC2)N(Cc1ccccc1)c1ccccc1. The van der Waals surface area contributed by atoms with Gasteiger partial charge in [0.1, 0.15) is 5.56 Å². The van der Waals surface area contributed by atoms with E-state index in [1.54, 1.807) is 15.8 Å². The predicted molar refractivity (Wildman–Crippen MR) is 95.7 cm³/mol. The Morgan fingerprint density at radius 2 is 1.80 bits per heavy atom. The first kappa shape index (κ1) is 15.4. The molecule has 2 heterocycles. The average molecular weight is 333 g/mol. The molecule has 5 heteroatoms. The minimum atomic E-state index is -0.0989. The number of carbonyl (C=O) groups is 1.